The van der Waals surface area contributed by atoms with Crippen LogP contribution in [0.5, 0.6) is 0 Å². The Morgan fingerprint density at radius 1 is 1.08 bits per heavy atom. The summed E-state index contributed by atoms with van der Waals surface area (Å²) in [5.74, 6) is 0.934. The van der Waals surface area contributed by atoms with Crippen molar-refractivity contribution < 1.29 is 0 Å². The molecule has 0 heterocycles. The van der Waals surface area contributed by atoms with Gasteiger partial charge >= 0.3 is 0 Å². The molecule has 0 radical (unpaired) electrons. The van der Waals surface area contributed by atoms with Crippen molar-refractivity contribution in [3.8, 4) is 0 Å². The maximum atomic E-state index is 5.63. The molecule has 2 N–H and O–H groups in total. The van der Waals surface area contributed by atoms with E-state index in [-0.39, 0.29) is 0 Å². The molecular formula is C12H17N. The van der Waals surface area contributed by atoms with Gasteiger partial charge in [-0.15, -0.1) is 0 Å². The predicted octanol–water partition coefficient (Wildman–Crippen LogP) is 3.00. The number of hydrogen-bond acceptors (Lipinski definition) is 1. The van der Waals surface area contributed by atoms with Crippen molar-refractivity contribution in [3.05, 3.63) is 29.8 Å². The van der Waals surface area contributed by atoms with Crippen LogP contribution < -0.4 is 5.73 Å². The van der Waals surface area contributed by atoms with Crippen LogP contribution in [0.1, 0.15) is 31.2 Å². The lowest BCUT2D eigenvalue weighted by atomic mass is 9.98. The molecule has 0 bridgehead atoms. The summed E-state index contributed by atoms with van der Waals surface area (Å²) in [6, 6.07) is 8.33. The molecule has 0 spiro atoms. The summed E-state index contributed by atoms with van der Waals surface area (Å²) >= 11 is 0. The van der Waals surface area contributed by atoms with Crippen molar-refractivity contribution in [3.63, 3.8) is 0 Å². The molecule has 70 valence electrons. The van der Waals surface area contributed by atoms with E-state index in [0.717, 1.165) is 11.6 Å². The molecule has 1 nitrogen and oxygen atoms in total. The molecule has 13 heavy (non-hydrogen) atoms. The van der Waals surface area contributed by atoms with Crippen LogP contribution in [0.4, 0.5) is 5.69 Å². The molecule has 1 aromatic carbocycles. The molecule has 1 aliphatic rings. The summed E-state index contributed by atoms with van der Waals surface area (Å²) in [5.41, 5.74) is 7.95. The van der Waals surface area contributed by atoms with Crippen LogP contribution >= 0.6 is 0 Å². The first-order chi connectivity index (χ1) is 6.34. The molecular weight excluding hydrogens is 158 g/mol. The summed E-state index contributed by atoms with van der Waals surface area (Å²) in [5, 5.41) is 0. The lowest BCUT2D eigenvalue weighted by molar-refractivity contribution is 0.546. The first-order valence-electron chi connectivity index (χ1n) is 5.19. The molecule has 1 heteroatoms. The van der Waals surface area contributed by atoms with Crippen LogP contribution in [0, 0.1) is 5.92 Å². The highest BCUT2D eigenvalue weighted by Crippen LogP contribution is 2.27. The number of hydrogen-bond donors (Lipinski definition) is 1. The Labute approximate surface area is 80.0 Å². The van der Waals surface area contributed by atoms with Gasteiger partial charge in [-0.2, -0.15) is 0 Å². The third-order valence-corrected chi connectivity index (χ3v) is 2.98. The van der Waals surface area contributed by atoms with Gasteiger partial charge in [0.1, 0.15) is 0 Å². The second-order valence-electron chi connectivity index (χ2n) is 4.10. The summed E-state index contributed by atoms with van der Waals surface area (Å²) in [4.78, 5) is 0. The summed E-state index contributed by atoms with van der Waals surface area (Å²) in [7, 11) is 0. The van der Waals surface area contributed by atoms with Gasteiger partial charge in [0.25, 0.3) is 0 Å². The number of anilines is 1. The Morgan fingerprint density at radius 3 is 2.31 bits per heavy atom. The second kappa shape index (κ2) is 3.82. The minimum atomic E-state index is 0.871. The summed E-state index contributed by atoms with van der Waals surface area (Å²) in [6.07, 6.45) is 6.95. The van der Waals surface area contributed by atoms with E-state index >= 15 is 0 Å². The van der Waals surface area contributed by atoms with E-state index in [1.54, 1.807) is 0 Å². The minimum Gasteiger partial charge on any atom is -0.399 e. The SMILES string of the molecule is Nc1ccc(CC2CCCC2)cc1. The van der Waals surface area contributed by atoms with Gasteiger partial charge in [0.15, 0.2) is 0 Å². The zero-order valence-corrected chi connectivity index (χ0v) is 8.00. The first kappa shape index (κ1) is 8.61. The highest BCUT2D eigenvalue weighted by molar-refractivity contribution is 5.39. The standard InChI is InChI=1S/C12H17N/c13-12-7-5-11(6-8-12)9-10-3-1-2-4-10/h5-8,10H,1-4,9,13H2. The van der Waals surface area contributed by atoms with Crippen molar-refractivity contribution in [2.45, 2.75) is 32.1 Å². The van der Waals surface area contributed by atoms with Gasteiger partial charge in [0.05, 0.1) is 0 Å². The maximum Gasteiger partial charge on any atom is 0.0314 e. The number of benzene rings is 1. The monoisotopic (exact) mass is 175 g/mol. The van der Waals surface area contributed by atoms with E-state index in [2.05, 4.69) is 12.1 Å². The lowest BCUT2D eigenvalue weighted by Crippen LogP contribution is -1.98. The highest BCUT2D eigenvalue weighted by atomic mass is 14.5. The summed E-state index contributed by atoms with van der Waals surface area (Å²) < 4.78 is 0. The maximum absolute atomic E-state index is 5.63. The quantitative estimate of drug-likeness (QED) is 0.687. The van der Waals surface area contributed by atoms with Crippen molar-refractivity contribution in [1.82, 2.24) is 0 Å². The lowest BCUT2D eigenvalue weighted by Gasteiger charge is -2.08. The van der Waals surface area contributed by atoms with Crippen LogP contribution in [0.3, 0.4) is 0 Å². The van der Waals surface area contributed by atoms with Crippen LogP contribution in [-0.4, -0.2) is 0 Å². The van der Waals surface area contributed by atoms with E-state index < -0.39 is 0 Å². The van der Waals surface area contributed by atoms with Gasteiger partial charge in [0.2, 0.25) is 0 Å². The number of nitrogens with two attached hydrogens (primary N) is 1. The molecule has 0 aliphatic heterocycles. The molecule has 2 rings (SSSR count). The topological polar surface area (TPSA) is 26.0 Å². The third kappa shape index (κ3) is 2.24. The zero-order valence-electron chi connectivity index (χ0n) is 8.00. The molecule has 1 aliphatic carbocycles. The largest absolute Gasteiger partial charge is 0.399 e. The van der Waals surface area contributed by atoms with Gasteiger partial charge in [0, 0.05) is 5.69 Å². The fraction of sp³-hybridized carbons (Fsp3) is 0.500. The Morgan fingerprint density at radius 2 is 1.69 bits per heavy atom. The molecule has 0 saturated heterocycles. The molecule has 0 atom stereocenters. The van der Waals surface area contributed by atoms with Crippen LogP contribution in [0.15, 0.2) is 24.3 Å². The Bertz CT molecular complexity index is 257. The molecule has 1 aromatic rings. The average molecular weight is 175 g/mol. The normalized spacial score (nSPS) is 17.8. The van der Waals surface area contributed by atoms with E-state index in [0.29, 0.717) is 0 Å². The van der Waals surface area contributed by atoms with Crippen molar-refractivity contribution >= 4 is 5.69 Å². The third-order valence-electron chi connectivity index (χ3n) is 2.98. The van der Waals surface area contributed by atoms with Gasteiger partial charge in [-0.3, -0.25) is 0 Å². The average Bonchev–Trinajstić information content (AvgIpc) is 2.62. The van der Waals surface area contributed by atoms with Gasteiger partial charge < -0.3 is 5.73 Å². The van der Waals surface area contributed by atoms with Crippen LogP contribution in [-0.2, 0) is 6.42 Å². The van der Waals surface area contributed by atoms with Crippen molar-refractivity contribution in [2.75, 3.05) is 5.73 Å². The Balaban J connectivity index is 1.97. The Kier molecular flexibility index (Phi) is 2.53. The fourth-order valence-corrected chi connectivity index (χ4v) is 2.20. The number of nitrogen functional groups attached to an aromatic ring is 1. The molecule has 1 saturated carbocycles. The predicted molar refractivity (Wildman–Crippen MR) is 56.5 cm³/mol. The van der Waals surface area contributed by atoms with E-state index in [9.17, 15) is 0 Å². The minimum absolute atomic E-state index is 0.871. The molecule has 0 aromatic heterocycles. The molecule has 0 amide bonds. The molecule has 1 fully saturated rings. The molecule has 0 unspecified atom stereocenters. The van der Waals surface area contributed by atoms with Crippen molar-refractivity contribution in [1.29, 1.82) is 0 Å². The number of rotatable bonds is 2. The van der Waals surface area contributed by atoms with Crippen LogP contribution in [0.25, 0.3) is 0 Å². The van der Waals surface area contributed by atoms with Gasteiger partial charge in [-0.1, -0.05) is 37.8 Å². The fourth-order valence-electron chi connectivity index (χ4n) is 2.20. The smallest absolute Gasteiger partial charge is 0.0314 e. The van der Waals surface area contributed by atoms with Gasteiger partial charge in [-0.05, 0) is 30.0 Å². The van der Waals surface area contributed by atoms with E-state index in [4.69, 9.17) is 5.73 Å². The van der Waals surface area contributed by atoms with E-state index in [1.165, 1.54) is 37.7 Å². The summed E-state index contributed by atoms with van der Waals surface area (Å²) in [6.45, 7) is 0. The Hall–Kier alpha value is -0.980. The highest BCUT2D eigenvalue weighted by Gasteiger charge is 2.14. The van der Waals surface area contributed by atoms with Crippen LogP contribution in [0.2, 0.25) is 0 Å². The van der Waals surface area contributed by atoms with Crippen molar-refractivity contribution in [2.24, 2.45) is 5.92 Å². The van der Waals surface area contributed by atoms with E-state index in [1.807, 2.05) is 12.1 Å². The van der Waals surface area contributed by atoms with Gasteiger partial charge in [-0.25, -0.2) is 0 Å². The zero-order chi connectivity index (χ0) is 9.10. The second-order valence-corrected chi connectivity index (χ2v) is 4.10. The first-order valence-corrected chi connectivity index (χ1v) is 5.19.